The normalized spacial score (nSPS) is 9.40. The molecule has 0 aliphatic heterocycles. The molecule has 0 spiro atoms. The average Bonchev–Trinajstić information content (AvgIpc) is 2.17. The molecule has 15 heavy (non-hydrogen) atoms. The van der Waals surface area contributed by atoms with Crippen LogP contribution in [-0.4, -0.2) is 6.61 Å². The average molecular weight is 205 g/mol. The zero-order chi connectivity index (χ0) is 11.3. The fraction of sp³-hybridized carbons (Fsp3) is 0.250. The molecule has 3 heteroatoms. The summed E-state index contributed by atoms with van der Waals surface area (Å²) in [5.41, 5.74) is 1.05. The van der Waals surface area contributed by atoms with Crippen LogP contribution in [0, 0.1) is 17.1 Å². The Hall–Kier alpha value is -1.82. The molecule has 1 aromatic rings. The molecule has 2 nitrogen and oxygen atoms in total. The van der Waals surface area contributed by atoms with Crippen molar-refractivity contribution in [3.63, 3.8) is 0 Å². The summed E-state index contributed by atoms with van der Waals surface area (Å²) < 4.78 is 18.4. The lowest BCUT2D eigenvalue weighted by Crippen LogP contribution is -1.98. The minimum Gasteiger partial charge on any atom is -0.493 e. The van der Waals surface area contributed by atoms with Gasteiger partial charge in [0, 0.05) is 12.5 Å². The first-order chi connectivity index (χ1) is 7.13. The van der Waals surface area contributed by atoms with Gasteiger partial charge < -0.3 is 4.74 Å². The summed E-state index contributed by atoms with van der Waals surface area (Å²) in [6, 6.07) is 5.96. The van der Waals surface area contributed by atoms with E-state index in [9.17, 15) is 4.39 Å². The van der Waals surface area contributed by atoms with E-state index < -0.39 is 5.82 Å². The number of nitrogens with zero attached hydrogens (tertiary/aromatic N) is 1. The van der Waals surface area contributed by atoms with E-state index in [2.05, 4.69) is 6.58 Å². The van der Waals surface area contributed by atoms with Crippen molar-refractivity contribution < 1.29 is 9.13 Å². The van der Waals surface area contributed by atoms with Crippen molar-refractivity contribution in [3.8, 4) is 11.8 Å². The van der Waals surface area contributed by atoms with Crippen molar-refractivity contribution in [2.24, 2.45) is 0 Å². The summed E-state index contributed by atoms with van der Waals surface area (Å²) in [7, 11) is 0. The molecule has 78 valence electrons. The second kappa shape index (κ2) is 5.16. The van der Waals surface area contributed by atoms with Crippen LogP contribution in [0.1, 0.15) is 18.9 Å². The first-order valence-electron chi connectivity index (χ1n) is 4.60. The molecule has 0 unspecified atom stereocenters. The lowest BCUT2D eigenvalue weighted by atomic mass is 10.2. The van der Waals surface area contributed by atoms with Gasteiger partial charge in [-0.1, -0.05) is 5.57 Å². The number of benzene rings is 1. The molecule has 0 saturated heterocycles. The van der Waals surface area contributed by atoms with E-state index >= 15 is 0 Å². The molecule has 0 fully saturated rings. The Bertz CT molecular complexity index is 407. The molecular weight excluding hydrogens is 193 g/mol. The first-order valence-corrected chi connectivity index (χ1v) is 4.60. The topological polar surface area (TPSA) is 33.0 Å². The van der Waals surface area contributed by atoms with Gasteiger partial charge in [-0.3, -0.25) is 0 Å². The molecule has 0 heterocycles. The van der Waals surface area contributed by atoms with Gasteiger partial charge >= 0.3 is 0 Å². The maximum atomic E-state index is 13.1. The second-order valence-corrected chi connectivity index (χ2v) is 3.31. The zero-order valence-corrected chi connectivity index (χ0v) is 8.59. The molecule has 1 rings (SSSR count). The lowest BCUT2D eigenvalue weighted by Gasteiger charge is -2.06. The Morgan fingerprint density at radius 2 is 2.33 bits per heavy atom. The third kappa shape index (κ3) is 3.43. The van der Waals surface area contributed by atoms with Crippen molar-refractivity contribution in [2.45, 2.75) is 13.3 Å². The number of halogens is 1. The molecule has 0 amide bonds. The SMILES string of the molecule is C=C(C)CCOc1ccc(C#N)c(F)c1. The van der Waals surface area contributed by atoms with E-state index in [1.165, 1.54) is 12.1 Å². The van der Waals surface area contributed by atoms with Gasteiger partial charge in [0.15, 0.2) is 0 Å². The minimum atomic E-state index is -0.551. The smallest absolute Gasteiger partial charge is 0.144 e. The summed E-state index contributed by atoms with van der Waals surface area (Å²) in [6.45, 7) is 6.11. The highest BCUT2D eigenvalue weighted by Crippen LogP contribution is 2.16. The third-order valence-electron chi connectivity index (χ3n) is 1.86. The van der Waals surface area contributed by atoms with Crippen LogP contribution in [0.25, 0.3) is 0 Å². The van der Waals surface area contributed by atoms with Crippen LogP contribution in [0.3, 0.4) is 0 Å². The Morgan fingerprint density at radius 3 is 2.87 bits per heavy atom. The van der Waals surface area contributed by atoms with Crippen molar-refractivity contribution in [1.29, 1.82) is 5.26 Å². The molecule has 0 aromatic heterocycles. The summed E-state index contributed by atoms with van der Waals surface area (Å²) in [6.07, 6.45) is 0.738. The van der Waals surface area contributed by atoms with Crippen LogP contribution in [0.4, 0.5) is 4.39 Å². The summed E-state index contributed by atoms with van der Waals surface area (Å²) in [4.78, 5) is 0. The maximum Gasteiger partial charge on any atom is 0.144 e. The second-order valence-electron chi connectivity index (χ2n) is 3.31. The third-order valence-corrected chi connectivity index (χ3v) is 1.86. The first kappa shape index (κ1) is 11.3. The zero-order valence-electron chi connectivity index (χ0n) is 8.59. The van der Waals surface area contributed by atoms with Gasteiger partial charge in [-0.2, -0.15) is 5.26 Å². The Labute approximate surface area is 88.6 Å². The van der Waals surface area contributed by atoms with Crippen molar-refractivity contribution in [1.82, 2.24) is 0 Å². The van der Waals surface area contributed by atoms with Gasteiger partial charge in [0.05, 0.1) is 12.2 Å². The largest absolute Gasteiger partial charge is 0.493 e. The molecule has 0 saturated carbocycles. The number of hydrogen-bond donors (Lipinski definition) is 0. The summed E-state index contributed by atoms with van der Waals surface area (Å²) in [5.74, 6) is -0.113. The van der Waals surface area contributed by atoms with E-state index in [0.717, 1.165) is 12.0 Å². The van der Waals surface area contributed by atoms with Gasteiger partial charge in [0.2, 0.25) is 0 Å². The van der Waals surface area contributed by atoms with Crippen molar-refractivity contribution in [3.05, 3.63) is 41.7 Å². The lowest BCUT2D eigenvalue weighted by molar-refractivity contribution is 0.320. The number of nitriles is 1. The van der Waals surface area contributed by atoms with E-state index in [4.69, 9.17) is 10.00 Å². The van der Waals surface area contributed by atoms with Gasteiger partial charge in [-0.15, -0.1) is 6.58 Å². The van der Waals surface area contributed by atoms with Crippen molar-refractivity contribution in [2.75, 3.05) is 6.61 Å². The van der Waals surface area contributed by atoms with Gasteiger partial charge in [-0.05, 0) is 19.1 Å². The number of ether oxygens (including phenoxy) is 1. The van der Waals surface area contributed by atoms with Gasteiger partial charge in [-0.25, -0.2) is 4.39 Å². The highest BCUT2D eigenvalue weighted by Gasteiger charge is 2.02. The molecule has 0 atom stereocenters. The van der Waals surface area contributed by atoms with Crippen LogP contribution in [0.15, 0.2) is 30.4 Å². The quantitative estimate of drug-likeness (QED) is 0.708. The molecule has 1 aromatic carbocycles. The highest BCUT2D eigenvalue weighted by molar-refractivity contribution is 5.36. The van der Waals surface area contributed by atoms with Gasteiger partial charge in [0.1, 0.15) is 17.6 Å². The van der Waals surface area contributed by atoms with Crippen LogP contribution in [0.2, 0.25) is 0 Å². The van der Waals surface area contributed by atoms with Crippen LogP contribution in [-0.2, 0) is 0 Å². The van der Waals surface area contributed by atoms with E-state index in [1.54, 1.807) is 12.1 Å². The Morgan fingerprint density at radius 1 is 1.60 bits per heavy atom. The minimum absolute atomic E-state index is 0.0299. The Balaban J connectivity index is 2.60. The predicted octanol–water partition coefficient (Wildman–Crippen LogP) is 3.04. The molecule has 0 bridgehead atoms. The maximum absolute atomic E-state index is 13.1. The van der Waals surface area contributed by atoms with Crippen LogP contribution < -0.4 is 4.74 Å². The van der Waals surface area contributed by atoms with Crippen LogP contribution >= 0.6 is 0 Å². The van der Waals surface area contributed by atoms with Crippen LogP contribution in [0.5, 0.6) is 5.75 Å². The monoisotopic (exact) mass is 205 g/mol. The fourth-order valence-corrected chi connectivity index (χ4v) is 1.02. The summed E-state index contributed by atoms with van der Waals surface area (Å²) in [5, 5.41) is 8.52. The fourth-order valence-electron chi connectivity index (χ4n) is 1.02. The van der Waals surface area contributed by atoms with E-state index in [-0.39, 0.29) is 5.56 Å². The number of hydrogen-bond acceptors (Lipinski definition) is 2. The van der Waals surface area contributed by atoms with Crippen molar-refractivity contribution >= 4 is 0 Å². The highest BCUT2D eigenvalue weighted by atomic mass is 19.1. The van der Waals surface area contributed by atoms with E-state index in [1.807, 2.05) is 6.92 Å². The summed E-state index contributed by atoms with van der Waals surface area (Å²) >= 11 is 0. The molecule has 0 aliphatic carbocycles. The number of rotatable bonds is 4. The molecule has 0 N–H and O–H groups in total. The Kier molecular flexibility index (Phi) is 3.87. The molecule has 0 radical (unpaired) electrons. The predicted molar refractivity (Wildman–Crippen MR) is 56.0 cm³/mol. The van der Waals surface area contributed by atoms with E-state index in [0.29, 0.717) is 12.4 Å². The molecular formula is C12H12FNO. The molecule has 0 aliphatic rings. The van der Waals surface area contributed by atoms with Gasteiger partial charge in [0.25, 0.3) is 0 Å². The standard InChI is InChI=1S/C12H12FNO/c1-9(2)5-6-15-11-4-3-10(8-14)12(13)7-11/h3-4,7H,1,5-6H2,2H3.